The second-order valence-corrected chi connectivity index (χ2v) is 26.2. The van der Waals surface area contributed by atoms with Crippen LogP contribution in [-0.2, 0) is 24.0 Å². The molecule has 0 atom stereocenters. The number of fused-ring (bicyclic) bond motifs is 3. The lowest BCUT2D eigenvalue weighted by molar-refractivity contribution is -0.133. The number of aliphatic hydroxyl groups is 1. The molecule has 0 spiro atoms. The Labute approximate surface area is 645 Å². The Morgan fingerprint density at radius 2 is 0.883 bits per heavy atom. The SMILES string of the molecule is COc1cc(/C=C/C(=O)C=C(O)/C=C/c2ccc(O)c(C)c2)ccc1O.COc1cc(/C=C/C(=O)CC(=O)/C=C/c2ccc(O)c(C)c2)ccc1O.COc1ccc(/C=C/C(=O)C(C)(C)C(=O)/C=C/c2ccc(C)c(C)c2)cc1OC.Cc1cc(-c2ccc3ccc4ccccc4c3c2)n(-c2ccc(N=C(N)N)cc2)n1. The Morgan fingerprint density at radius 3 is 1.40 bits per heavy atom. The van der Waals surface area contributed by atoms with Crippen molar-refractivity contribution in [1.82, 2.24) is 9.78 Å². The number of carbonyl (C=O) groups excluding carboxylic acids is 5. The van der Waals surface area contributed by atoms with Crippen LogP contribution < -0.4 is 30.4 Å². The molecule has 0 amide bonds. The third kappa shape index (κ3) is 23.7. The van der Waals surface area contributed by atoms with Crippen LogP contribution in [-0.4, -0.2) is 98.6 Å². The fourth-order valence-electron chi connectivity index (χ4n) is 11.0. The van der Waals surface area contributed by atoms with Crippen LogP contribution in [0, 0.1) is 40.0 Å². The summed E-state index contributed by atoms with van der Waals surface area (Å²) in [6.07, 6.45) is 18.9. The van der Waals surface area contributed by atoms with Gasteiger partial charge in [-0.25, -0.2) is 9.67 Å². The van der Waals surface area contributed by atoms with Crippen molar-refractivity contribution < 1.29 is 68.5 Å². The molecule has 111 heavy (non-hydrogen) atoms. The predicted molar refractivity (Wildman–Crippen MR) is 443 cm³/mol. The van der Waals surface area contributed by atoms with Gasteiger partial charge in [0.1, 0.15) is 17.3 Å². The number of allylic oxidation sites excluding steroid dienone is 7. The van der Waals surface area contributed by atoms with Crippen molar-refractivity contribution in [1.29, 1.82) is 0 Å². The minimum atomic E-state index is -1.15. The lowest BCUT2D eigenvalue weighted by Gasteiger charge is -2.17. The molecule has 10 aromatic carbocycles. The molecule has 0 saturated carbocycles. The molecular weight excluding hydrogens is 1400 g/mol. The number of carbonyl (C=O) groups is 5. The molecule has 0 bridgehead atoms. The Morgan fingerprint density at radius 1 is 0.441 bits per heavy atom. The number of ketones is 5. The number of aromatic nitrogens is 2. The Hall–Kier alpha value is -14.1. The van der Waals surface area contributed by atoms with Crippen molar-refractivity contribution in [2.75, 3.05) is 28.4 Å². The maximum atomic E-state index is 12.7. The zero-order chi connectivity index (χ0) is 80.5. The lowest BCUT2D eigenvalue weighted by Crippen LogP contribution is -2.30. The van der Waals surface area contributed by atoms with Gasteiger partial charge >= 0.3 is 0 Å². The van der Waals surface area contributed by atoms with Gasteiger partial charge in [0, 0.05) is 11.6 Å². The van der Waals surface area contributed by atoms with Crippen LogP contribution in [0.2, 0.25) is 0 Å². The zero-order valence-corrected chi connectivity index (χ0v) is 63.6. The largest absolute Gasteiger partial charge is 0.508 e. The van der Waals surface area contributed by atoms with Crippen LogP contribution in [0.3, 0.4) is 0 Å². The van der Waals surface area contributed by atoms with Gasteiger partial charge in [0.25, 0.3) is 0 Å². The number of guanidine groups is 1. The third-order valence-corrected chi connectivity index (χ3v) is 17.5. The van der Waals surface area contributed by atoms with Crippen molar-refractivity contribution in [2.24, 2.45) is 21.9 Å². The molecule has 19 nitrogen and oxygen atoms in total. The molecule has 19 heteroatoms. The molecule has 1 heterocycles. The Balaban J connectivity index is 0.000000186. The normalized spacial score (nSPS) is 11.5. The van der Waals surface area contributed by atoms with Crippen LogP contribution in [0.15, 0.2) is 247 Å². The van der Waals surface area contributed by atoms with Crippen LogP contribution >= 0.6 is 0 Å². The number of aliphatic hydroxyl groups excluding tert-OH is 1. The van der Waals surface area contributed by atoms with E-state index in [2.05, 4.69) is 65.7 Å². The summed E-state index contributed by atoms with van der Waals surface area (Å²) < 4.78 is 22.4. The molecule has 0 aliphatic rings. The molecule has 0 saturated heterocycles. The highest BCUT2D eigenvalue weighted by atomic mass is 16.5. The molecule has 1 aromatic heterocycles. The van der Waals surface area contributed by atoms with E-state index in [-0.39, 0.29) is 70.1 Å². The molecule has 9 N–H and O–H groups in total. The van der Waals surface area contributed by atoms with E-state index in [4.69, 9.17) is 35.5 Å². The molecule has 11 rings (SSSR count). The third-order valence-electron chi connectivity index (χ3n) is 17.5. The lowest BCUT2D eigenvalue weighted by atomic mass is 9.82. The number of phenols is 4. The molecule has 0 fully saturated rings. The number of phenolic OH excluding ortho intramolecular Hbond substituents is 4. The van der Waals surface area contributed by atoms with E-state index in [1.54, 1.807) is 151 Å². The number of nitrogens with two attached hydrogens (primary N) is 2. The van der Waals surface area contributed by atoms with Crippen LogP contribution in [0.5, 0.6) is 46.0 Å². The van der Waals surface area contributed by atoms with E-state index >= 15 is 0 Å². The second kappa shape index (κ2) is 39.0. The second-order valence-electron chi connectivity index (χ2n) is 26.2. The van der Waals surface area contributed by atoms with Crippen molar-refractivity contribution in [3.63, 3.8) is 0 Å². The van der Waals surface area contributed by atoms with E-state index in [1.165, 1.54) is 89.9 Å². The van der Waals surface area contributed by atoms with Crippen LogP contribution in [0.4, 0.5) is 5.69 Å². The average molecular weight is 1490 g/mol. The van der Waals surface area contributed by atoms with E-state index in [0.29, 0.717) is 45.4 Å². The fraction of sp³-hybridized carbons (Fsp3) is 0.141. The molecular formula is C92H89N5O14. The number of nitrogens with zero attached hydrogens (tertiary/aromatic N) is 3. The van der Waals surface area contributed by atoms with Crippen molar-refractivity contribution in [2.45, 2.75) is 54.9 Å². The smallest absolute Gasteiger partial charge is 0.191 e. The number of aromatic hydroxyl groups is 4. The highest BCUT2D eigenvalue weighted by molar-refractivity contribution is 6.17. The number of ether oxygens (including phenoxy) is 4. The first kappa shape index (κ1) is 82.6. The van der Waals surface area contributed by atoms with Gasteiger partial charge in [0.2, 0.25) is 0 Å². The van der Waals surface area contributed by atoms with Gasteiger partial charge in [-0.2, -0.15) is 5.10 Å². The molecule has 11 aromatic rings. The molecule has 0 radical (unpaired) electrons. The van der Waals surface area contributed by atoms with Gasteiger partial charge in [-0.05, 0) is 259 Å². The predicted octanol–water partition coefficient (Wildman–Crippen LogP) is 18.1. The number of hydrogen-bond acceptors (Lipinski definition) is 16. The summed E-state index contributed by atoms with van der Waals surface area (Å²) in [6.45, 7) is 12.9. The summed E-state index contributed by atoms with van der Waals surface area (Å²) in [5.74, 6) is 0.569. The molecule has 0 aliphatic carbocycles. The van der Waals surface area contributed by atoms with E-state index < -0.39 is 5.41 Å². The molecule has 0 unspecified atom stereocenters. The van der Waals surface area contributed by atoms with Gasteiger partial charge in [-0.1, -0.05) is 134 Å². The quantitative estimate of drug-likeness (QED) is 0.00562. The monoisotopic (exact) mass is 1490 g/mol. The highest BCUT2D eigenvalue weighted by Gasteiger charge is 2.32. The summed E-state index contributed by atoms with van der Waals surface area (Å²) >= 11 is 0. The van der Waals surface area contributed by atoms with Crippen LogP contribution in [0.1, 0.15) is 81.6 Å². The van der Waals surface area contributed by atoms with Crippen molar-refractivity contribution in [3.8, 4) is 62.9 Å². The number of benzene rings is 10. The number of rotatable bonds is 24. The fourth-order valence-corrected chi connectivity index (χ4v) is 11.0. The highest BCUT2D eigenvalue weighted by Crippen LogP contribution is 2.34. The molecule has 0 aliphatic heterocycles. The summed E-state index contributed by atoms with van der Waals surface area (Å²) in [4.78, 5) is 65.1. The first-order valence-corrected chi connectivity index (χ1v) is 35.0. The van der Waals surface area contributed by atoms with Gasteiger partial charge in [-0.15, -0.1) is 0 Å². The van der Waals surface area contributed by atoms with Gasteiger partial charge in [0.15, 0.2) is 69.4 Å². The summed E-state index contributed by atoms with van der Waals surface area (Å²) in [5, 5.41) is 57.5. The standard InChI is InChI=1S/C25H21N5.C25H28O4.2C21H20O5/c1-16-14-24(30(29-16)21-12-10-20(11-13-21)28-25(26)27)19-9-8-18-7-6-17-4-2-3-5-22(17)23(18)15-19;1-17-7-8-19(15-18(17)2)10-13-23(26)25(3,4)24(27)14-11-20-9-12-21(28-5)22(16-20)29-6;2*1-14-11-15(5-9-19(14)24)3-7-17(22)13-18(23)8-4-16-6-10-20(25)21(12-16)26-2/h2-15H,1H3,(H4,26,27,28);7-16H,1-6H3;3-12,24-25H,13H2,1-2H3;3-13,22,24-25H,1-2H3/b;13-10+,14-11+;7-3+,8-4+;7-3+,8-4+,17-13?. The minimum absolute atomic E-state index is 0.0146. The number of hydrogen-bond donors (Lipinski definition) is 7. The topological polar surface area (TPSA) is 306 Å². The maximum Gasteiger partial charge on any atom is 0.191 e. The number of aryl methyl sites for hydroxylation is 5. The van der Waals surface area contributed by atoms with Crippen LogP contribution in [0.25, 0.3) is 74.9 Å². The maximum absolute atomic E-state index is 12.7. The summed E-state index contributed by atoms with van der Waals surface area (Å²) in [6, 6.07) is 60.0. The summed E-state index contributed by atoms with van der Waals surface area (Å²) in [7, 11) is 6.00. The van der Waals surface area contributed by atoms with Crippen molar-refractivity contribution >= 4 is 98.6 Å². The van der Waals surface area contributed by atoms with E-state index in [0.717, 1.165) is 62.1 Å². The summed E-state index contributed by atoms with van der Waals surface area (Å²) in [5.41, 5.74) is 23.0. The van der Waals surface area contributed by atoms with Gasteiger partial charge < -0.3 is 55.9 Å². The van der Waals surface area contributed by atoms with E-state index in [9.17, 15) is 49.5 Å². The first-order valence-electron chi connectivity index (χ1n) is 35.0. The van der Waals surface area contributed by atoms with Gasteiger partial charge in [-0.3, -0.25) is 24.0 Å². The minimum Gasteiger partial charge on any atom is -0.508 e. The first-order chi connectivity index (χ1) is 53.0. The average Bonchev–Trinajstić information content (AvgIpc) is 1.76. The Kier molecular flexibility index (Phi) is 29.0. The van der Waals surface area contributed by atoms with E-state index in [1.807, 2.05) is 74.0 Å². The van der Waals surface area contributed by atoms with Crippen molar-refractivity contribution in [3.05, 3.63) is 304 Å². The van der Waals surface area contributed by atoms with Gasteiger partial charge in [0.05, 0.1) is 63.0 Å². The molecule has 566 valence electrons. The Bertz CT molecular complexity index is 5490. The number of aliphatic imine (C=N–C) groups is 1. The zero-order valence-electron chi connectivity index (χ0n) is 63.6. The number of methoxy groups -OCH3 is 4.